The van der Waals surface area contributed by atoms with Crippen molar-refractivity contribution in [3.8, 4) is 0 Å². The number of anilines is 1. The smallest absolute Gasteiger partial charge is 0.410 e. The van der Waals surface area contributed by atoms with E-state index in [4.69, 9.17) is 10.5 Å². The number of nitrogens with two attached hydrogens (primary N) is 1. The van der Waals surface area contributed by atoms with Crippen molar-refractivity contribution >= 4 is 33.4 Å². The fraction of sp³-hybridized carbons (Fsp3) is 0.462. The summed E-state index contributed by atoms with van der Waals surface area (Å²) < 4.78 is 21.1. The molecule has 2 atom stereocenters. The van der Waals surface area contributed by atoms with Crippen LogP contribution in [-0.2, 0) is 4.74 Å². The summed E-state index contributed by atoms with van der Waals surface area (Å²) in [6.07, 6.45) is 2.39. The Labute approximate surface area is 133 Å². The van der Waals surface area contributed by atoms with Gasteiger partial charge < -0.3 is 15.4 Å². The number of imidazole rings is 1. The van der Waals surface area contributed by atoms with Crippen LogP contribution in [0.2, 0.25) is 0 Å². The summed E-state index contributed by atoms with van der Waals surface area (Å²) in [5.74, 6) is 0.161. The maximum Gasteiger partial charge on any atom is 0.410 e. The zero-order valence-corrected chi connectivity index (χ0v) is 13.1. The van der Waals surface area contributed by atoms with E-state index < -0.39 is 5.95 Å². The molecule has 9 heteroatoms. The van der Waals surface area contributed by atoms with Crippen LogP contribution in [0, 0.1) is 5.95 Å². The lowest BCUT2D eigenvalue weighted by atomic mass is 9.93. The van der Waals surface area contributed by atoms with Crippen LogP contribution in [0.1, 0.15) is 24.6 Å². The van der Waals surface area contributed by atoms with Crippen molar-refractivity contribution in [1.82, 2.24) is 19.3 Å². The van der Waals surface area contributed by atoms with Gasteiger partial charge in [-0.2, -0.15) is 4.39 Å². The molecule has 4 rings (SSSR count). The molecular formula is C13H13BrFN5O2. The van der Waals surface area contributed by atoms with E-state index >= 15 is 0 Å². The van der Waals surface area contributed by atoms with Crippen molar-refractivity contribution in [2.24, 2.45) is 0 Å². The first kappa shape index (κ1) is 13.7. The third-order valence-corrected chi connectivity index (χ3v) is 4.89. The van der Waals surface area contributed by atoms with E-state index in [2.05, 4.69) is 25.9 Å². The van der Waals surface area contributed by atoms with E-state index in [1.54, 1.807) is 4.90 Å². The molecule has 7 nitrogen and oxygen atoms in total. The van der Waals surface area contributed by atoms with Gasteiger partial charge in [-0.1, -0.05) is 0 Å². The number of cyclic esters (lactones) is 1. The van der Waals surface area contributed by atoms with Gasteiger partial charge in [0.15, 0.2) is 5.82 Å². The van der Waals surface area contributed by atoms with Crippen molar-refractivity contribution in [2.45, 2.75) is 24.8 Å². The van der Waals surface area contributed by atoms with Crippen molar-refractivity contribution in [2.75, 3.05) is 18.9 Å². The predicted octanol–water partition coefficient (Wildman–Crippen LogP) is 1.91. The highest BCUT2D eigenvalue weighted by Crippen LogP contribution is 2.35. The van der Waals surface area contributed by atoms with Gasteiger partial charge in [-0.25, -0.2) is 14.8 Å². The van der Waals surface area contributed by atoms with Gasteiger partial charge in [-0.15, -0.1) is 0 Å². The quantitative estimate of drug-likeness (QED) is 0.829. The fourth-order valence-electron chi connectivity index (χ4n) is 3.25. The van der Waals surface area contributed by atoms with Crippen molar-refractivity contribution in [3.63, 3.8) is 0 Å². The number of hydrogen-bond donors (Lipinski definition) is 1. The van der Waals surface area contributed by atoms with Gasteiger partial charge in [0.25, 0.3) is 0 Å². The number of fused-ring (bicyclic) bond motifs is 2. The zero-order chi connectivity index (χ0) is 15.4. The molecule has 0 unspecified atom stereocenters. The minimum Gasteiger partial charge on any atom is -0.447 e. The molecule has 116 valence electrons. The minimum atomic E-state index is -0.525. The lowest BCUT2D eigenvalue weighted by Gasteiger charge is -2.31. The van der Waals surface area contributed by atoms with Crippen LogP contribution in [-0.4, -0.2) is 44.6 Å². The molecule has 22 heavy (non-hydrogen) atoms. The number of nitrogen functional groups attached to an aromatic ring is 1. The van der Waals surface area contributed by atoms with Gasteiger partial charge in [0.05, 0.1) is 12.2 Å². The normalized spacial score (nSPS) is 24.6. The number of hydrogen-bond acceptors (Lipinski definition) is 5. The van der Waals surface area contributed by atoms with Crippen LogP contribution >= 0.6 is 15.9 Å². The SMILES string of the molecule is Nc1ncc(F)n2c([C@@H]3CC[C@H]4COC(=O)N4C3)nc(Br)c12. The lowest BCUT2D eigenvalue weighted by Crippen LogP contribution is -2.41. The molecule has 0 spiro atoms. The number of nitrogens with zero attached hydrogens (tertiary/aromatic N) is 4. The molecular weight excluding hydrogens is 357 g/mol. The summed E-state index contributed by atoms with van der Waals surface area (Å²) in [5, 5.41) is 0. The predicted molar refractivity (Wildman–Crippen MR) is 78.9 cm³/mol. The highest BCUT2D eigenvalue weighted by Gasteiger charge is 2.40. The van der Waals surface area contributed by atoms with E-state index in [1.165, 1.54) is 4.40 Å². The number of amides is 1. The summed E-state index contributed by atoms with van der Waals surface area (Å²) in [6.45, 7) is 0.902. The molecule has 0 radical (unpaired) electrons. The van der Waals surface area contributed by atoms with Crippen LogP contribution in [0.5, 0.6) is 0 Å². The molecule has 2 aromatic rings. The Morgan fingerprint density at radius 2 is 2.27 bits per heavy atom. The number of rotatable bonds is 1. The fourth-order valence-corrected chi connectivity index (χ4v) is 3.81. The van der Waals surface area contributed by atoms with Crippen LogP contribution in [0.4, 0.5) is 15.0 Å². The maximum absolute atomic E-state index is 14.2. The third-order valence-electron chi connectivity index (χ3n) is 4.33. The van der Waals surface area contributed by atoms with Gasteiger partial charge >= 0.3 is 6.09 Å². The van der Waals surface area contributed by atoms with Crippen molar-refractivity contribution in [1.29, 1.82) is 0 Å². The van der Waals surface area contributed by atoms with E-state index in [-0.39, 0.29) is 23.9 Å². The van der Waals surface area contributed by atoms with E-state index in [0.29, 0.717) is 29.1 Å². The summed E-state index contributed by atoms with van der Waals surface area (Å²) >= 11 is 3.31. The molecule has 2 aromatic heterocycles. The Balaban J connectivity index is 1.79. The first-order chi connectivity index (χ1) is 10.6. The lowest BCUT2D eigenvalue weighted by molar-refractivity contribution is 0.150. The number of halogens is 2. The van der Waals surface area contributed by atoms with Gasteiger partial charge in [0, 0.05) is 12.5 Å². The molecule has 2 saturated heterocycles. The Morgan fingerprint density at radius 3 is 3.09 bits per heavy atom. The van der Waals surface area contributed by atoms with Crippen molar-refractivity contribution < 1.29 is 13.9 Å². The third kappa shape index (κ3) is 1.88. The topological polar surface area (TPSA) is 85.8 Å². The first-order valence-corrected chi connectivity index (χ1v) is 7.76. The average Bonchev–Trinajstić information content (AvgIpc) is 3.05. The second kappa shape index (κ2) is 4.80. The molecule has 1 amide bonds. The molecule has 0 aliphatic carbocycles. The zero-order valence-electron chi connectivity index (χ0n) is 11.5. The van der Waals surface area contributed by atoms with Gasteiger partial charge in [0.2, 0.25) is 5.95 Å². The van der Waals surface area contributed by atoms with Gasteiger partial charge in [-0.3, -0.25) is 4.40 Å². The summed E-state index contributed by atoms with van der Waals surface area (Å²) in [4.78, 5) is 21.7. The largest absolute Gasteiger partial charge is 0.447 e. The summed E-state index contributed by atoms with van der Waals surface area (Å²) in [7, 11) is 0. The molecule has 0 aromatic carbocycles. The number of piperidine rings is 1. The first-order valence-electron chi connectivity index (χ1n) is 6.97. The second-order valence-corrected chi connectivity index (χ2v) is 6.32. The van der Waals surface area contributed by atoms with E-state index in [0.717, 1.165) is 19.0 Å². The summed E-state index contributed by atoms with van der Waals surface area (Å²) in [5.41, 5.74) is 6.24. The Hall–Kier alpha value is -1.90. The van der Waals surface area contributed by atoms with Crippen LogP contribution in [0.15, 0.2) is 10.8 Å². The number of aromatic nitrogens is 3. The standard InChI is InChI=1S/C13H13BrFN5O2/c14-10-9-11(16)17-3-8(15)20(9)12(18-10)6-1-2-7-5-22-13(21)19(7)4-6/h3,6-7H,1-2,4-5H2,(H2,16,17)/t6-,7+/m1/s1. The number of ether oxygens (including phenoxy) is 1. The average molecular weight is 370 g/mol. The Morgan fingerprint density at radius 1 is 1.45 bits per heavy atom. The molecule has 0 bridgehead atoms. The highest BCUT2D eigenvalue weighted by molar-refractivity contribution is 9.10. The molecule has 0 saturated carbocycles. The highest BCUT2D eigenvalue weighted by atomic mass is 79.9. The molecule has 2 fully saturated rings. The number of carbonyl (C=O) groups is 1. The minimum absolute atomic E-state index is 0.0722. The molecule has 2 aliphatic heterocycles. The second-order valence-electron chi connectivity index (χ2n) is 5.57. The van der Waals surface area contributed by atoms with Crippen LogP contribution in [0.3, 0.4) is 0 Å². The van der Waals surface area contributed by atoms with E-state index in [9.17, 15) is 9.18 Å². The maximum atomic E-state index is 14.2. The molecule has 4 heterocycles. The summed E-state index contributed by atoms with van der Waals surface area (Å²) in [6, 6.07) is 0.120. The Bertz CT molecular complexity index is 779. The Kier molecular flexibility index (Phi) is 3.00. The van der Waals surface area contributed by atoms with Gasteiger partial charge in [0.1, 0.15) is 22.6 Å². The van der Waals surface area contributed by atoms with Crippen LogP contribution in [0.25, 0.3) is 5.52 Å². The number of carbonyl (C=O) groups excluding carboxylic acids is 1. The van der Waals surface area contributed by atoms with Gasteiger partial charge in [-0.05, 0) is 28.8 Å². The monoisotopic (exact) mass is 369 g/mol. The molecule has 2 aliphatic rings. The molecule has 2 N–H and O–H groups in total. The van der Waals surface area contributed by atoms with Crippen LogP contribution < -0.4 is 5.73 Å². The van der Waals surface area contributed by atoms with E-state index in [1.807, 2.05) is 0 Å². The van der Waals surface area contributed by atoms with Crippen molar-refractivity contribution in [3.05, 3.63) is 22.6 Å².